The average molecular weight is 521 g/mol. The summed E-state index contributed by atoms with van der Waals surface area (Å²) in [5.74, 6) is -0.455. The number of aryl methyl sites for hydroxylation is 2. The topological polar surface area (TPSA) is 69.2 Å². The number of fused-ring (bicyclic) bond motifs is 1. The summed E-state index contributed by atoms with van der Waals surface area (Å²) in [7, 11) is 0. The van der Waals surface area contributed by atoms with Crippen LogP contribution in [0.4, 0.5) is 5.69 Å². The fourth-order valence-electron chi connectivity index (χ4n) is 4.35. The summed E-state index contributed by atoms with van der Waals surface area (Å²) in [4.78, 5) is 21.7. The summed E-state index contributed by atoms with van der Waals surface area (Å²) in [6.45, 7) is 5.86. The number of carboxylic acid groups (broad SMARTS) is 1. The first-order valence-electron chi connectivity index (χ1n) is 9.75. The van der Waals surface area contributed by atoms with E-state index in [-0.39, 0.29) is 12.3 Å². The van der Waals surface area contributed by atoms with E-state index in [9.17, 15) is 4.79 Å². The third-order valence-electron chi connectivity index (χ3n) is 5.77. The number of hydrogen-bond acceptors (Lipinski definition) is 3. The van der Waals surface area contributed by atoms with Crippen molar-refractivity contribution in [1.82, 2.24) is 9.97 Å². The molecule has 5 nitrogen and oxygen atoms in total. The van der Waals surface area contributed by atoms with E-state index in [2.05, 4.69) is 73.8 Å². The van der Waals surface area contributed by atoms with Gasteiger partial charge in [0, 0.05) is 51.3 Å². The van der Waals surface area contributed by atoms with Crippen molar-refractivity contribution >= 4 is 54.5 Å². The number of hydrogen-bond donors (Lipinski definition) is 2. The van der Waals surface area contributed by atoms with Gasteiger partial charge in [0.25, 0.3) is 0 Å². The molecule has 1 saturated heterocycles. The lowest BCUT2D eigenvalue weighted by atomic mass is 9.91. The van der Waals surface area contributed by atoms with Crippen molar-refractivity contribution in [3.8, 4) is 11.1 Å². The van der Waals surface area contributed by atoms with E-state index in [1.807, 2.05) is 6.20 Å². The van der Waals surface area contributed by atoms with Gasteiger partial charge in [0.1, 0.15) is 5.65 Å². The van der Waals surface area contributed by atoms with Gasteiger partial charge in [-0.25, -0.2) is 4.98 Å². The zero-order valence-electron chi connectivity index (χ0n) is 16.4. The van der Waals surface area contributed by atoms with Crippen LogP contribution in [0.15, 0.2) is 33.3 Å². The summed E-state index contributed by atoms with van der Waals surface area (Å²) < 4.78 is 2.04. The van der Waals surface area contributed by atoms with E-state index in [0.29, 0.717) is 0 Å². The molecule has 0 radical (unpaired) electrons. The fourth-order valence-corrected chi connectivity index (χ4v) is 5.60. The minimum atomic E-state index is -0.702. The molecule has 0 bridgehead atoms. The molecule has 1 fully saturated rings. The van der Waals surface area contributed by atoms with Gasteiger partial charge in [0.05, 0.1) is 5.69 Å². The lowest BCUT2D eigenvalue weighted by Gasteiger charge is -2.35. The monoisotopic (exact) mass is 519 g/mol. The predicted octanol–water partition coefficient (Wildman–Crippen LogP) is 6.06. The summed E-state index contributed by atoms with van der Waals surface area (Å²) in [6.07, 6.45) is 4.05. The van der Waals surface area contributed by atoms with Gasteiger partial charge in [-0.15, -0.1) is 0 Å². The van der Waals surface area contributed by atoms with E-state index in [0.717, 1.165) is 62.7 Å². The van der Waals surface area contributed by atoms with Crippen LogP contribution in [0.3, 0.4) is 0 Å². The van der Waals surface area contributed by atoms with Crippen LogP contribution in [0.1, 0.15) is 30.5 Å². The van der Waals surface area contributed by atoms with Crippen LogP contribution in [-0.4, -0.2) is 34.1 Å². The Morgan fingerprint density at radius 3 is 2.66 bits per heavy atom. The summed E-state index contributed by atoms with van der Waals surface area (Å²) in [6, 6.07) is 6.23. The number of pyridine rings is 1. The third kappa shape index (κ3) is 3.94. The molecule has 7 heteroatoms. The molecule has 3 aromatic rings. The van der Waals surface area contributed by atoms with Crippen molar-refractivity contribution in [2.24, 2.45) is 5.92 Å². The van der Waals surface area contributed by atoms with Crippen molar-refractivity contribution in [3.63, 3.8) is 0 Å². The van der Waals surface area contributed by atoms with Crippen LogP contribution >= 0.6 is 31.9 Å². The van der Waals surface area contributed by atoms with Crippen LogP contribution < -0.4 is 4.90 Å². The Kier molecular flexibility index (Phi) is 5.71. The molecular formula is C22H23Br2N3O2. The van der Waals surface area contributed by atoms with Gasteiger partial charge in [-0.1, -0.05) is 37.9 Å². The number of piperidine rings is 1. The van der Waals surface area contributed by atoms with E-state index in [1.54, 1.807) is 0 Å². The molecule has 2 aromatic heterocycles. The second kappa shape index (κ2) is 8.11. The Morgan fingerprint density at radius 1 is 1.28 bits per heavy atom. The summed E-state index contributed by atoms with van der Waals surface area (Å²) >= 11 is 7.28. The molecule has 1 aliphatic heterocycles. The van der Waals surface area contributed by atoms with Crippen molar-refractivity contribution in [3.05, 3.63) is 44.6 Å². The van der Waals surface area contributed by atoms with E-state index < -0.39 is 5.97 Å². The molecule has 0 saturated carbocycles. The van der Waals surface area contributed by atoms with Crippen molar-refractivity contribution in [2.75, 3.05) is 18.0 Å². The van der Waals surface area contributed by atoms with Crippen LogP contribution in [-0.2, 0) is 4.79 Å². The first kappa shape index (κ1) is 20.4. The van der Waals surface area contributed by atoms with Crippen molar-refractivity contribution in [1.29, 1.82) is 0 Å². The Labute approximate surface area is 186 Å². The van der Waals surface area contributed by atoms with Crippen molar-refractivity contribution < 1.29 is 9.90 Å². The zero-order chi connectivity index (χ0) is 20.7. The summed E-state index contributed by atoms with van der Waals surface area (Å²) in [5, 5.41) is 10.3. The van der Waals surface area contributed by atoms with Crippen LogP contribution in [0.2, 0.25) is 0 Å². The first-order valence-corrected chi connectivity index (χ1v) is 11.3. The molecule has 0 unspecified atom stereocenters. The molecule has 0 aliphatic carbocycles. The molecule has 3 heterocycles. The van der Waals surface area contributed by atoms with Crippen LogP contribution in [0.5, 0.6) is 0 Å². The van der Waals surface area contributed by atoms with E-state index >= 15 is 0 Å². The van der Waals surface area contributed by atoms with Gasteiger partial charge in [-0.3, -0.25) is 4.79 Å². The van der Waals surface area contributed by atoms with Crippen molar-refractivity contribution in [2.45, 2.75) is 33.1 Å². The van der Waals surface area contributed by atoms with Gasteiger partial charge >= 0.3 is 5.97 Å². The summed E-state index contributed by atoms with van der Waals surface area (Å²) in [5.41, 5.74) is 6.50. The zero-order valence-corrected chi connectivity index (χ0v) is 19.6. The SMILES string of the molecule is Cc1nc2[nH]cc(C)c2c(N2CCC(CC(=O)O)CC2)c1-c1ccc(Br)cc1Br. The number of aliphatic carboxylic acids is 1. The highest BCUT2D eigenvalue weighted by atomic mass is 79.9. The highest BCUT2D eigenvalue weighted by Gasteiger charge is 2.27. The molecule has 29 heavy (non-hydrogen) atoms. The Hall–Kier alpha value is -1.86. The number of carbonyl (C=O) groups is 1. The number of H-pyrrole nitrogens is 1. The lowest BCUT2D eigenvalue weighted by Crippen LogP contribution is -2.35. The normalized spacial score (nSPS) is 15.2. The molecule has 0 atom stereocenters. The molecule has 0 amide bonds. The van der Waals surface area contributed by atoms with Gasteiger partial charge in [-0.05, 0) is 55.9 Å². The quantitative estimate of drug-likeness (QED) is 0.438. The molecule has 152 valence electrons. The van der Waals surface area contributed by atoms with Crippen LogP contribution in [0.25, 0.3) is 22.2 Å². The number of carboxylic acids is 1. The van der Waals surface area contributed by atoms with Gasteiger partial charge in [-0.2, -0.15) is 0 Å². The molecular weight excluding hydrogens is 498 g/mol. The number of nitrogens with zero attached hydrogens (tertiary/aromatic N) is 2. The number of anilines is 1. The number of aromatic amines is 1. The molecule has 4 rings (SSSR count). The Balaban J connectivity index is 1.85. The minimum absolute atomic E-state index is 0.248. The highest BCUT2D eigenvalue weighted by Crippen LogP contribution is 2.44. The maximum Gasteiger partial charge on any atom is 0.303 e. The second-order valence-electron chi connectivity index (χ2n) is 7.77. The maximum absolute atomic E-state index is 11.1. The Morgan fingerprint density at radius 2 is 2.00 bits per heavy atom. The molecule has 1 aromatic carbocycles. The molecule has 2 N–H and O–H groups in total. The fraction of sp³-hybridized carbons (Fsp3) is 0.364. The highest BCUT2D eigenvalue weighted by molar-refractivity contribution is 9.11. The van der Waals surface area contributed by atoms with Gasteiger partial charge in [0.2, 0.25) is 0 Å². The number of benzene rings is 1. The number of rotatable bonds is 4. The minimum Gasteiger partial charge on any atom is -0.481 e. The van der Waals surface area contributed by atoms with E-state index in [1.165, 1.54) is 11.3 Å². The second-order valence-corrected chi connectivity index (χ2v) is 9.54. The average Bonchev–Trinajstić information content (AvgIpc) is 3.02. The smallest absolute Gasteiger partial charge is 0.303 e. The largest absolute Gasteiger partial charge is 0.481 e. The number of aromatic nitrogens is 2. The van der Waals surface area contributed by atoms with Crippen LogP contribution in [0, 0.1) is 19.8 Å². The standard InChI is InChI=1S/C22H23Br2N3O2/c1-12-11-25-22-19(12)21(27-7-5-14(6-8-27)9-18(28)29)20(13(2)26-22)16-4-3-15(23)10-17(16)24/h3-4,10-11,14H,5-9H2,1-2H3,(H,25,26)(H,28,29). The molecule has 1 aliphatic rings. The molecule has 0 spiro atoms. The van der Waals surface area contributed by atoms with E-state index in [4.69, 9.17) is 10.1 Å². The predicted molar refractivity (Wildman–Crippen MR) is 124 cm³/mol. The number of nitrogens with one attached hydrogen (secondary N) is 1. The van der Waals surface area contributed by atoms with Gasteiger partial charge < -0.3 is 15.0 Å². The number of halogens is 2. The third-order valence-corrected chi connectivity index (χ3v) is 6.92. The Bertz CT molecular complexity index is 1090. The first-order chi connectivity index (χ1) is 13.8. The van der Waals surface area contributed by atoms with Gasteiger partial charge in [0.15, 0.2) is 0 Å². The lowest BCUT2D eigenvalue weighted by molar-refractivity contribution is -0.138. The maximum atomic E-state index is 11.1.